The molecule has 0 saturated carbocycles. The first-order chi connectivity index (χ1) is 12.0. The smallest absolute Gasteiger partial charge is 0.262 e. The standard InChI is InChI=1S/C20H19ClN2O2/c1-13(2)22-10-9-15-12-23(19-8-7-17(24)11-18(15)19)20(25)14-3-5-16(21)6-4-14/h3-8,11-12,24H,9-10H2,1-2H3. The fourth-order valence-corrected chi connectivity index (χ4v) is 2.91. The molecule has 0 aliphatic heterocycles. The molecule has 128 valence electrons. The Morgan fingerprint density at radius 1 is 1.16 bits per heavy atom. The number of carbonyl (C=O) groups is 1. The first kappa shape index (κ1) is 17.2. The van der Waals surface area contributed by atoms with Crippen LogP contribution in [-0.4, -0.2) is 27.8 Å². The summed E-state index contributed by atoms with van der Waals surface area (Å²) >= 11 is 5.90. The van der Waals surface area contributed by atoms with E-state index in [0.717, 1.165) is 22.2 Å². The summed E-state index contributed by atoms with van der Waals surface area (Å²) in [7, 11) is 0. The summed E-state index contributed by atoms with van der Waals surface area (Å²) in [4.78, 5) is 17.3. The Morgan fingerprint density at radius 2 is 1.88 bits per heavy atom. The van der Waals surface area contributed by atoms with Gasteiger partial charge in [-0.2, -0.15) is 0 Å². The summed E-state index contributed by atoms with van der Waals surface area (Å²) in [5.74, 6) is 0.0504. The van der Waals surface area contributed by atoms with Crippen LogP contribution < -0.4 is 0 Å². The second kappa shape index (κ2) is 7.11. The van der Waals surface area contributed by atoms with Crippen LogP contribution in [0.4, 0.5) is 0 Å². The third-order valence-electron chi connectivity index (χ3n) is 3.99. The lowest BCUT2D eigenvalue weighted by atomic mass is 10.1. The van der Waals surface area contributed by atoms with E-state index in [1.54, 1.807) is 47.0 Å². The van der Waals surface area contributed by atoms with Crippen molar-refractivity contribution in [2.45, 2.75) is 20.3 Å². The summed E-state index contributed by atoms with van der Waals surface area (Å²) < 4.78 is 1.62. The minimum Gasteiger partial charge on any atom is -0.508 e. The summed E-state index contributed by atoms with van der Waals surface area (Å²) in [6.07, 6.45) is 2.54. The lowest BCUT2D eigenvalue weighted by Crippen LogP contribution is -2.10. The molecule has 3 rings (SSSR count). The quantitative estimate of drug-likeness (QED) is 0.690. The maximum atomic E-state index is 12.9. The van der Waals surface area contributed by atoms with Crippen LogP contribution >= 0.6 is 11.6 Å². The van der Waals surface area contributed by atoms with Gasteiger partial charge in [-0.25, -0.2) is 0 Å². The van der Waals surface area contributed by atoms with E-state index >= 15 is 0 Å². The number of hydrogen-bond donors (Lipinski definition) is 1. The first-order valence-corrected chi connectivity index (χ1v) is 8.44. The topological polar surface area (TPSA) is 54.6 Å². The number of aromatic hydroxyl groups is 1. The minimum atomic E-state index is -0.131. The van der Waals surface area contributed by atoms with E-state index in [1.165, 1.54) is 0 Å². The van der Waals surface area contributed by atoms with Gasteiger partial charge in [0.1, 0.15) is 5.75 Å². The molecular formula is C20H19ClN2O2. The van der Waals surface area contributed by atoms with E-state index in [9.17, 15) is 9.90 Å². The number of halogens is 1. The number of phenols is 1. The van der Waals surface area contributed by atoms with Crippen molar-refractivity contribution in [3.8, 4) is 5.75 Å². The molecule has 0 fully saturated rings. The summed E-state index contributed by atoms with van der Waals surface area (Å²) in [6, 6.07) is 11.9. The normalized spacial score (nSPS) is 10.8. The maximum absolute atomic E-state index is 12.9. The number of aromatic nitrogens is 1. The molecule has 25 heavy (non-hydrogen) atoms. The number of carbonyl (C=O) groups excluding carboxylic acids is 1. The van der Waals surface area contributed by atoms with Crippen LogP contribution in [0.1, 0.15) is 29.8 Å². The van der Waals surface area contributed by atoms with Crippen LogP contribution in [0.5, 0.6) is 5.75 Å². The number of fused-ring (bicyclic) bond motifs is 1. The van der Waals surface area contributed by atoms with Gasteiger partial charge in [0, 0.05) is 34.4 Å². The Labute approximate surface area is 151 Å². The predicted molar refractivity (Wildman–Crippen MR) is 102 cm³/mol. The molecule has 0 unspecified atom stereocenters. The predicted octanol–water partition coefficient (Wildman–Crippen LogP) is 4.71. The summed E-state index contributed by atoms with van der Waals surface area (Å²) in [5.41, 5.74) is 3.33. The Kier molecular flexibility index (Phi) is 4.91. The fraction of sp³-hybridized carbons (Fsp3) is 0.200. The van der Waals surface area contributed by atoms with Crippen molar-refractivity contribution in [2.24, 2.45) is 4.99 Å². The lowest BCUT2D eigenvalue weighted by molar-refractivity contribution is 0.0965. The third-order valence-corrected chi connectivity index (χ3v) is 4.24. The zero-order chi connectivity index (χ0) is 18.0. The van der Waals surface area contributed by atoms with E-state index in [-0.39, 0.29) is 11.7 Å². The average Bonchev–Trinajstić information content (AvgIpc) is 2.92. The number of rotatable bonds is 4. The van der Waals surface area contributed by atoms with Crippen molar-refractivity contribution in [2.75, 3.05) is 6.54 Å². The zero-order valence-corrected chi connectivity index (χ0v) is 14.9. The molecule has 1 aromatic heterocycles. The molecule has 3 aromatic rings. The molecule has 0 radical (unpaired) electrons. The van der Waals surface area contributed by atoms with E-state index in [2.05, 4.69) is 4.99 Å². The van der Waals surface area contributed by atoms with Crippen LogP contribution in [0, 0.1) is 0 Å². The highest BCUT2D eigenvalue weighted by Crippen LogP contribution is 2.27. The highest BCUT2D eigenvalue weighted by atomic mass is 35.5. The van der Waals surface area contributed by atoms with Gasteiger partial charge in [-0.05, 0) is 68.3 Å². The molecule has 0 amide bonds. The van der Waals surface area contributed by atoms with Gasteiger partial charge >= 0.3 is 0 Å². The SMILES string of the molecule is CC(C)=NCCc1cn(C(=O)c2ccc(Cl)cc2)c2ccc(O)cc12. The molecule has 2 aromatic carbocycles. The fourth-order valence-electron chi connectivity index (χ4n) is 2.78. The number of nitrogens with zero attached hydrogens (tertiary/aromatic N) is 2. The van der Waals surface area contributed by atoms with Crippen molar-refractivity contribution < 1.29 is 9.90 Å². The van der Waals surface area contributed by atoms with Crippen LogP contribution in [0.2, 0.25) is 5.02 Å². The minimum absolute atomic E-state index is 0.131. The van der Waals surface area contributed by atoms with Crippen molar-refractivity contribution in [1.82, 2.24) is 4.57 Å². The van der Waals surface area contributed by atoms with E-state index in [1.807, 2.05) is 20.0 Å². The maximum Gasteiger partial charge on any atom is 0.262 e. The Morgan fingerprint density at radius 3 is 2.56 bits per heavy atom. The van der Waals surface area contributed by atoms with Crippen LogP contribution in [-0.2, 0) is 6.42 Å². The van der Waals surface area contributed by atoms with Gasteiger partial charge in [0.25, 0.3) is 5.91 Å². The van der Waals surface area contributed by atoms with Gasteiger partial charge in [-0.3, -0.25) is 14.4 Å². The van der Waals surface area contributed by atoms with E-state index in [4.69, 9.17) is 11.6 Å². The number of hydrogen-bond acceptors (Lipinski definition) is 3. The van der Waals surface area contributed by atoms with Gasteiger partial charge in [0.15, 0.2) is 0 Å². The molecule has 0 saturated heterocycles. The third kappa shape index (κ3) is 3.74. The highest BCUT2D eigenvalue weighted by molar-refractivity contribution is 6.30. The van der Waals surface area contributed by atoms with Crippen LogP contribution in [0.25, 0.3) is 10.9 Å². The van der Waals surface area contributed by atoms with Gasteiger partial charge in [0.2, 0.25) is 0 Å². The molecule has 0 aliphatic rings. The summed E-state index contributed by atoms with van der Waals surface area (Å²) in [6.45, 7) is 4.56. The van der Waals surface area contributed by atoms with Crippen molar-refractivity contribution in [1.29, 1.82) is 0 Å². The van der Waals surface area contributed by atoms with Gasteiger partial charge in [-0.15, -0.1) is 0 Å². The molecule has 4 nitrogen and oxygen atoms in total. The lowest BCUT2D eigenvalue weighted by Gasteiger charge is -2.04. The van der Waals surface area contributed by atoms with Crippen molar-refractivity contribution in [3.63, 3.8) is 0 Å². The molecule has 0 bridgehead atoms. The molecule has 1 N–H and O–H groups in total. The molecule has 5 heteroatoms. The monoisotopic (exact) mass is 354 g/mol. The van der Waals surface area contributed by atoms with Crippen molar-refractivity contribution >= 4 is 34.1 Å². The van der Waals surface area contributed by atoms with Crippen molar-refractivity contribution in [3.05, 3.63) is 64.8 Å². The molecular weight excluding hydrogens is 336 g/mol. The average molecular weight is 355 g/mol. The Bertz CT molecular complexity index is 952. The largest absolute Gasteiger partial charge is 0.508 e. The molecule has 1 heterocycles. The number of aliphatic imine (C=N–C) groups is 1. The second-order valence-electron chi connectivity index (χ2n) is 6.12. The highest BCUT2D eigenvalue weighted by Gasteiger charge is 2.15. The molecule has 0 aliphatic carbocycles. The van der Waals surface area contributed by atoms with Crippen LogP contribution in [0.3, 0.4) is 0 Å². The van der Waals surface area contributed by atoms with Gasteiger partial charge in [-0.1, -0.05) is 11.6 Å². The molecule has 0 spiro atoms. The Balaban J connectivity index is 2.04. The van der Waals surface area contributed by atoms with E-state index < -0.39 is 0 Å². The first-order valence-electron chi connectivity index (χ1n) is 8.06. The van der Waals surface area contributed by atoms with Gasteiger partial charge < -0.3 is 5.11 Å². The Hall–Kier alpha value is -2.59. The van der Waals surface area contributed by atoms with E-state index in [0.29, 0.717) is 23.6 Å². The number of benzene rings is 2. The molecule has 0 atom stereocenters. The van der Waals surface area contributed by atoms with Gasteiger partial charge in [0.05, 0.1) is 5.52 Å². The summed E-state index contributed by atoms with van der Waals surface area (Å²) in [5, 5.41) is 11.3. The second-order valence-corrected chi connectivity index (χ2v) is 6.55. The van der Waals surface area contributed by atoms with Crippen LogP contribution in [0.15, 0.2) is 53.7 Å². The number of phenolic OH excluding ortho intramolecular Hbond substituents is 1. The zero-order valence-electron chi connectivity index (χ0n) is 14.2.